The second-order valence-corrected chi connectivity index (χ2v) is 5.37. The van der Waals surface area contributed by atoms with Crippen molar-refractivity contribution < 1.29 is 24.5 Å². The zero-order chi connectivity index (χ0) is 15.7. The minimum absolute atomic E-state index is 0.0152. The second kappa shape index (κ2) is 9.57. The van der Waals surface area contributed by atoms with Crippen LogP contribution in [0.4, 0.5) is 4.79 Å². The Morgan fingerprint density at radius 2 is 1.95 bits per heavy atom. The number of nitrogens with one attached hydrogen (secondary N) is 1. The zero-order valence-corrected chi connectivity index (χ0v) is 12.6. The molecular weight excluding hydrogens is 276 g/mol. The van der Waals surface area contributed by atoms with E-state index in [1.54, 1.807) is 0 Å². The van der Waals surface area contributed by atoms with Gasteiger partial charge in [0, 0.05) is 20.2 Å². The highest BCUT2D eigenvalue weighted by atomic mass is 16.5. The molecule has 0 aromatic carbocycles. The number of aliphatic carboxylic acids is 1. The second-order valence-electron chi connectivity index (χ2n) is 5.37. The molecule has 122 valence electrons. The average Bonchev–Trinajstić information content (AvgIpc) is 2.49. The van der Waals surface area contributed by atoms with E-state index in [9.17, 15) is 14.7 Å². The molecule has 1 rings (SSSR count). The number of carbonyl (C=O) groups is 2. The molecule has 2 amide bonds. The van der Waals surface area contributed by atoms with Gasteiger partial charge in [0.05, 0.1) is 13.2 Å². The Morgan fingerprint density at radius 1 is 1.29 bits per heavy atom. The number of hydrogen-bond acceptors (Lipinski definition) is 4. The monoisotopic (exact) mass is 302 g/mol. The van der Waals surface area contributed by atoms with E-state index in [1.807, 2.05) is 0 Å². The Balaban J connectivity index is 2.62. The third kappa shape index (κ3) is 5.89. The molecule has 1 aliphatic carbocycles. The average molecular weight is 302 g/mol. The maximum Gasteiger partial charge on any atom is 0.326 e. The van der Waals surface area contributed by atoms with Gasteiger partial charge in [-0.05, 0) is 18.8 Å². The molecule has 1 aliphatic rings. The van der Waals surface area contributed by atoms with Gasteiger partial charge in [0.15, 0.2) is 0 Å². The summed E-state index contributed by atoms with van der Waals surface area (Å²) in [4.78, 5) is 25.0. The largest absolute Gasteiger partial charge is 0.480 e. The molecule has 3 N–H and O–H groups in total. The van der Waals surface area contributed by atoms with E-state index in [0.717, 1.165) is 32.1 Å². The number of nitrogens with zero attached hydrogens (tertiary/aromatic N) is 1. The molecule has 0 spiro atoms. The van der Waals surface area contributed by atoms with E-state index in [2.05, 4.69) is 5.32 Å². The van der Waals surface area contributed by atoms with Crippen molar-refractivity contribution in [1.29, 1.82) is 0 Å². The summed E-state index contributed by atoms with van der Waals surface area (Å²) in [5.74, 6) is -1.01. The SMILES string of the molecule is COCCN(CCO)C(=O)NC(C(=O)O)C1CCCCC1. The first-order chi connectivity index (χ1) is 10.1. The van der Waals surface area contributed by atoms with E-state index < -0.39 is 18.0 Å². The van der Waals surface area contributed by atoms with Crippen LogP contribution in [-0.2, 0) is 9.53 Å². The molecule has 0 aromatic heterocycles. The number of carbonyl (C=O) groups excluding carboxylic acids is 1. The minimum Gasteiger partial charge on any atom is -0.480 e. The summed E-state index contributed by atoms with van der Waals surface area (Å²) in [6.07, 6.45) is 4.80. The van der Waals surface area contributed by atoms with E-state index in [0.29, 0.717) is 13.2 Å². The fourth-order valence-electron chi connectivity index (χ4n) is 2.71. The minimum atomic E-state index is -0.995. The van der Waals surface area contributed by atoms with Gasteiger partial charge in [0.1, 0.15) is 6.04 Å². The first-order valence-electron chi connectivity index (χ1n) is 7.48. The van der Waals surface area contributed by atoms with Crippen molar-refractivity contribution in [3.05, 3.63) is 0 Å². The van der Waals surface area contributed by atoms with Gasteiger partial charge in [0.2, 0.25) is 0 Å². The quantitative estimate of drug-likeness (QED) is 0.612. The van der Waals surface area contributed by atoms with Gasteiger partial charge in [-0.15, -0.1) is 0 Å². The number of aliphatic hydroxyl groups is 1. The molecular formula is C14H26N2O5. The maximum atomic E-state index is 12.2. The third-order valence-electron chi connectivity index (χ3n) is 3.89. The lowest BCUT2D eigenvalue weighted by Gasteiger charge is -2.30. The summed E-state index contributed by atoms with van der Waals surface area (Å²) < 4.78 is 4.92. The fourth-order valence-corrected chi connectivity index (χ4v) is 2.71. The third-order valence-corrected chi connectivity index (χ3v) is 3.89. The highest BCUT2D eigenvalue weighted by Gasteiger charge is 2.31. The number of ether oxygens (including phenoxy) is 1. The number of carboxylic acids is 1. The summed E-state index contributed by atoms with van der Waals surface area (Å²) in [7, 11) is 1.52. The van der Waals surface area contributed by atoms with Gasteiger partial charge in [0.25, 0.3) is 0 Å². The van der Waals surface area contributed by atoms with Gasteiger partial charge in [-0.25, -0.2) is 9.59 Å². The normalized spacial score (nSPS) is 17.2. The number of hydrogen-bond donors (Lipinski definition) is 3. The van der Waals surface area contributed by atoms with Crippen molar-refractivity contribution >= 4 is 12.0 Å². The van der Waals surface area contributed by atoms with Crippen molar-refractivity contribution in [2.45, 2.75) is 38.1 Å². The summed E-state index contributed by atoms with van der Waals surface area (Å²) >= 11 is 0. The van der Waals surface area contributed by atoms with Crippen LogP contribution in [0.5, 0.6) is 0 Å². The van der Waals surface area contributed by atoms with Crippen LogP contribution in [0, 0.1) is 5.92 Å². The highest BCUT2D eigenvalue weighted by Crippen LogP contribution is 2.26. The van der Waals surface area contributed by atoms with E-state index >= 15 is 0 Å². The summed E-state index contributed by atoms with van der Waals surface area (Å²) in [5.41, 5.74) is 0. The topological polar surface area (TPSA) is 99.1 Å². The van der Waals surface area contributed by atoms with Crippen LogP contribution in [0.1, 0.15) is 32.1 Å². The van der Waals surface area contributed by atoms with Crippen molar-refractivity contribution in [1.82, 2.24) is 10.2 Å². The number of amides is 2. The summed E-state index contributed by atoms with van der Waals surface area (Å²) in [6.45, 7) is 0.652. The van der Waals surface area contributed by atoms with Crippen LogP contribution in [0.2, 0.25) is 0 Å². The Labute approximate surface area is 125 Å². The molecule has 0 saturated heterocycles. The Morgan fingerprint density at radius 3 is 2.48 bits per heavy atom. The lowest BCUT2D eigenvalue weighted by Crippen LogP contribution is -2.52. The van der Waals surface area contributed by atoms with E-state index in [-0.39, 0.29) is 19.1 Å². The zero-order valence-electron chi connectivity index (χ0n) is 12.6. The van der Waals surface area contributed by atoms with E-state index in [1.165, 1.54) is 12.0 Å². The first kappa shape index (κ1) is 17.7. The predicted octanol–water partition coefficient (Wildman–Crippen LogP) is 0.670. The van der Waals surface area contributed by atoms with Crippen LogP contribution in [-0.4, -0.2) is 66.6 Å². The van der Waals surface area contributed by atoms with E-state index in [4.69, 9.17) is 9.84 Å². The number of urea groups is 1. The Kier molecular flexibility index (Phi) is 8.07. The summed E-state index contributed by atoms with van der Waals surface area (Å²) in [5, 5.41) is 21.0. The molecule has 0 radical (unpaired) electrons. The number of rotatable bonds is 8. The lowest BCUT2D eigenvalue weighted by atomic mass is 9.84. The highest BCUT2D eigenvalue weighted by molar-refractivity contribution is 5.82. The standard InChI is InChI=1S/C14H26N2O5/c1-21-10-8-16(7-9-17)14(20)15-12(13(18)19)11-5-3-2-4-6-11/h11-12,17H,2-10H2,1H3,(H,15,20)(H,18,19). The summed E-state index contributed by atoms with van der Waals surface area (Å²) in [6, 6.07) is -1.32. The fraction of sp³-hybridized carbons (Fsp3) is 0.857. The van der Waals surface area contributed by atoms with Crippen LogP contribution < -0.4 is 5.32 Å². The van der Waals surface area contributed by atoms with Crippen molar-refractivity contribution in [3.63, 3.8) is 0 Å². The predicted molar refractivity (Wildman–Crippen MR) is 77.1 cm³/mol. The van der Waals surface area contributed by atoms with Crippen LogP contribution in [0.25, 0.3) is 0 Å². The molecule has 0 heterocycles. The molecule has 7 heteroatoms. The lowest BCUT2D eigenvalue weighted by molar-refractivity contribution is -0.141. The van der Waals surface area contributed by atoms with Gasteiger partial charge in [-0.3, -0.25) is 0 Å². The Hall–Kier alpha value is -1.34. The van der Waals surface area contributed by atoms with Gasteiger partial charge >= 0.3 is 12.0 Å². The number of methoxy groups -OCH3 is 1. The van der Waals surface area contributed by atoms with Gasteiger partial charge < -0.3 is 25.2 Å². The molecule has 1 saturated carbocycles. The van der Waals surface area contributed by atoms with Crippen LogP contribution in [0.15, 0.2) is 0 Å². The number of carboxylic acid groups (broad SMARTS) is 1. The number of aliphatic hydroxyl groups excluding tert-OH is 1. The van der Waals surface area contributed by atoms with Crippen molar-refractivity contribution in [2.75, 3.05) is 33.4 Å². The molecule has 1 atom stereocenters. The molecule has 21 heavy (non-hydrogen) atoms. The molecule has 1 fully saturated rings. The van der Waals surface area contributed by atoms with Gasteiger partial charge in [-0.2, -0.15) is 0 Å². The molecule has 0 aliphatic heterocycles. The van der Waals surface area contributed by atoms with Crippen molar-refractivity contribution in [3.8, 4) is 0 Å². The smallest absolute Gasteiger partial charge is 0.326 e. The molecule has 1 unspecified atom stereocenters. The molecule has 7 nitrogen and oxygen atoms in total. The molecule has 0 bridgehead atoms. The van der Waals surface area contributed by atoms with Crippen LogP contribution >= 0.6 is 0 Å². The first-order valence-corrected chi connectivity index (χ1v) is 7.48. The Bertz CT molecular complexity index is 331. The van der Waals surface area contributed by atoms with Gasteiger partial charge in [-0.1, -0.05) is 19.3 Å². The van der Waals surface area contributed by atoms with Crippen molar-refractivity contribution in [2.24, 2.45) is 5.92 Å². The molecule has 0 aromatic rings. The maximum absolute atomic E-state index is 12.2. The van der Waals surface area contributed by atoms with Crippen LogP contribution in [0.3, 0.4) is 0 Å².